The van der Waals surface area contributed by atoms with Crippen molar-refractivity contribution in [2.45, 2.75) is 32.6 Å². The number of nitrogens with two attached hydrogens (primary N) is 1. The number of hydrogen-bond donors (Lipinski definition) is 1. The van der Waals surface area contributed by atoms with Crippen molar-refractivity contribution in [2.24, 2.45) is 16.9 Å². The van der Waals surface area contributed by atoms with Crippen LogP contribution in [0.1, 0.15) is 32.6 Å². The lowest BCUT2D eigenvalue weighted by Gasteiger charge is -2.17. The molecule has 9 heavy (non-hydrogen) atoms. The summed E-state index contributed by atoms with van der Waals surface area (Å²) in [5.41, 5.74) is 1.20. The Balaban J connectivity index is 2.35. The molecule has 0 saturated heterocycles. The van der Waals surface area contributed by atoms with Crippen LogP contribution < -0.4 is 5.84 Å². The molecule has 1 aliphatic rings. The number of hydrazone groups is 1. The van der Waals surface area contributed by atoms with E-state index in [0.29, 0.717) is 0 Å². The smallest absolute Gasteiger partial charge is 0.0376 e. The topological polar surface area (TPSA) is 38.4 Å². The van der Waals surface area contributed by atoms with Gasteiger partial charge in [-0.1, -0.05) is 6.92 Å². The second kappa shape index (κ2) is 2.85. The van der Waals surface area contributed by atoms with Gasteiger partial charge in [0.25, 0.3) is 0 Å². The van der Waals surface area contributed by atoms with Crippen molar-refractivity contribution in [1.82, 2.24) is 0 Å². The molecule has 0 bridgehead atoms. The first-order valence-electron chi connectivity index (χ1n) is 3.58. The Morgan fingerprint density at radius 1 is 1.44 bits per heavy atom. The van der Waals surface area contributed by atoms with E-state index in [-0.39, 0.29) is 0 Å². The molecule has 0 aromatic carbocycles. The molecule has 1 fully saturated rings. The summed E-state index contributed by atoms with van der Waals surface area (Å²) in [6.45, 7) is 2.29. The molecular weight excluding hydrogens is 112 g/mol. The third kappa shape index (κ3) is 1.70. The minimum absolute atomic E-state index is 0.885. The fourth-order valence-corrected chi connectivity index (χ4v) is 1.22. The van der Waals surface area contributed by atoms with Crippen molar-refractivity contribution in [1.29, 1.82) is 0 Å². The quantitative estimate of drug-likeness (QED) is 0.388. The highest BCUT2D eigenvalue weighted by molar-refractivity contribution is 5.84. The van der Waals surface area contributed by atoms with Gasteiger partial charge in [0.2, 0.25) is 0 Å². The van der Waals surface area contributed by atoms with Gasteiger partial charge in [-0.3, -0.25) is 0 Å². The van der Waals surface area contributed by atoms with E-state index < -0.39 is 0 Å². The summed E-state index contributed by atoms with van der Waals surface area (Å²) in [7, 11) is 0. The molecule has 2 nitrogen and oxygen atoms in total. The van der Waals surface area contributed by atoms with Crippen LogP contribution in [0, 0.1) is 5.92 Å². The first kappa shape index (κ1) is 6.59. The van der Waals surface area contributed by atoms with E-state index in [1.54, 1.807) is 0 Å². The summed E-state index contributed by atoms with van der Waals surface area (Å²) < 4.78 is 0. The maximum atomic E-state index is 5.14. The number of rotatable bonds is 0. The van der Waals surface area contributed by atoms with Gasteiger partial charge in [0.15, 0.2) is 0 Å². The Morgan fingerprint density at radius 2 is 2.00 bits per heavy atom. The summed E-state index contributed by atoms with van der Waals surface area (Å²) >= 11 is 0. The molecule has 1 saturated carbocycles. The lowest BCUT2D eigenvalue weighted by molar-refractivity contribution is 0.482. The summed E-state index contributed by atoms with van der Waals surface area (Å²) in [6, 6.07) is 0. The summed E-state index contributed by atoms with van der Waals surface area (Å²) in [5, 5.41) is 3.70. The van der Waals surface area contributed by atoms with Crippen molar-refractivity contribution >= 4 is 5.71 Å². The monoisotopic (exact) mass is 126 g/mol. The molecule has 52 valence electrons. The van der Waals surface area contributed by atoms with Crippen molar-refractivity contribution < 1.29 is 0 Å². The first-order chi connectivity index (χ1) is 4.33. The van der Waals surface area contributed by atoms with E-state index in [0.717, 1.165) is 18.8 Å². The minimum Gasteiger partial charge on any atom is -0.323 e. The Kier molecular flexibility index (Phi) is 2.09. The van der Waals surface area contributed by atoms with Crippen molar-refractivity contribution in [2.75, 3.05) is 0 Å². The van der Waals surface area contributed by atoms with E-state index in [9.17, 15) is 0 Å². The molecule has 0 aliphatic heterocycles. The lowest BCUT2D eigenvalue weighted by atomic mass is 9.90. The van der Waals surface area contributed by atoms with Crippen LogP contribution in [0.4, 0.5) is 0 Å². The summed E-state index contributed by atoms with van der Waals surface area (Å²) in [6.07, 6.45) is 4.79. The van der Waals surface area contributed by atoms with Gasteiger partial charge < -0.3 is 5.84 Å². The molecule has 2 N–H and O–H groups in total. The number of nitrogens with zero attached hydrogens (tertiary/aromatic N) is 1. The Labute approximate surface area is 56.1 Å². The molecule has 0 radical (unpaired) electrons. The van der Waals surface area contributed by atoms with Gasteiger partial charge in [0.05, 0.1) is 0 Å². The zero-order valence-corrected chi connectivity index (χ0v) is 5.93. The predicted octanol–water partition coefficient (Wildman–Crippen LogP) is 1.51. The van der Waals surface area contributed by atoms with Gasteiger partial charge in [0, 0.05) is 5.71 Å². The maximum Gasteiger partial charge on any atom is 0.0376 e. The SMILES string of the molecule is CC1CCC(=NN)CC1. The van der Waals surface area contributed by atoms with Crippen LogP contribution in [0.15, 0.2) is 5.10 Å². The highest BCUT2D eigenvalue weighted by Crippen LogP contribution is 2.20. The van der Waals surface area contributed by atoms with Crippen molar-refractivity contribution in [3.63, 3.8) is 0 Å². The van der Waals surface area contributed by atoms with Gasteiger partial charge in [0.1, 0.15) is 0 Å². The molecule has 0 aromatic heterocycles. The molecule has 0 amide bonds. The summed E-state index contributed by atoms with van der Waals surface area (Å²) in [4.78, 5) is 0. The van der Waals surface area contributed by atoms with E-state index in [1.165, 1.54) is 18.6 Å². The fourth-order valence-electron chi connectivity index (χ4n) is 1.22. The molecule has 0 spiro atoms. The lowest BCUT2D eigenvalue weighted by Crippen LogP contribution is -2.12. The van der Waals surface area contributed by atoms with Crippen molar-refractivity contribution in [3.8, 4) is 0 Å². The molecule has 0 unspecified atom stereocenters. The highest BCUT2D eigenvalue weighted by Gasteiger charge is 2.12. The fraction of sp³-hybridized carbons (Fsp3) is 0.857. The van der Waals surface area contributed by atoms with Gasteiger partial charge in [-0.05, 0) is 31.6 Å². The van der Waals surface area contributed by atoms with E-state index >= 15 is 0 Å². The molecule has 1 aliphatic carbocycles. The van der Waals surface area contributed by atoms with E-state index in [4.69, 9.17) is 5.84 Å². The van der Waals surface area contributed by atoms with E-state index in [2.05, 4.69) is 12.0 Å². The van der Waals surface area contributed by atoms with E-state index in [1.807, 2.05) is 0 Å². The Morgan fingerprint density at radius 3 is 2.44 bits per heavy atom. The zero-order chi connectivity index (χ0) is 6.69. The normalized spacial score (nSPS) is 28.1. The molecule has 0 aromatic rings. The Hall–Kier alpha value is -0.530. The molecular formula is C7H14N2. The molecule has 2 heteroatoms. The third-order valence-electron chi connectivity index (χ3n) is 2.03. The van der Waals surface area contributed by atoms with Gasteiger partial charge in [-0.2, -0.15) is 5.10 Å². The minimum atomic E-state index is 0.885. The average Bonchev–Trinajstić information content (AvgIpc) is 1.90. The zero-order valence-electron chi connectivity index (χ0n) is 5.93. The standard InChI is InChI=1S/C7H14N2/c1-6-2-4-7(9-8)5-3-6/h6H,2-5,8H2,1H3. The molecule has 0 atom stereocenters. The summed E-state index contributed by atoms with van der Waals surface area (Å²) in [5.74, 6) is 6.02. The number of hydrogen-bond acceptors (Lipinski definition) is 2. The van der Waals surface area contributed by atoms with Gasteiger partial charge in [-0.15, -0.1) is 0 Å². The maximum absolute atomic E-state index is 5.14. The second-order valence-corrected chi connectivity index (χ2v) is 2.88. The second-order valence-electron chi connectivity index (χ2n) is 2.88. The van der Waals surface area contributed by atoms with Gasteiger partial charge >= 0.3 is 0 Å². The van der Waals surface area contributed by atoms with Crippen LogP contribution in [0.3, 0.4) is 0 Å². The van der Waals surface area contributed by atoms with Crippen LogP contribution in [-0.4, -0.2) is 5.71 Å². The molecule has 0 heterocycles. The first-order valence-corrected chi connectivity index (χ1v) is 3.58. The van der Waals surface area contributed by atoms with Crippen LogP contribution in [-0.2, 0) is 0 Å². The van der Waals surface area contributed by atoms with Crippen LogP contribution in [0.5, 0.6) is 0 Å². The highest BCUT2D eigenvalue weighted by atomic mass is 15.1. The van der Waals surface area contributed by atoms with Crippen LogP contribution >= 0.6 is 0 Å². The van der Waals surface area contributed by atoms with Crippen molar-refractivity contribution in [3.05, 3.63) is 0 Å². The van der Waals surface area contributed by atoms with Crippen LogP contribution in [0.25, 0.3) is 0 Å². The molecule has 1 rings (SSSR count). The van der Waals surface area contributed by atoms with Gasteiger partial charge in [-0.25, -0.2) is 0 Å². The Bertz CT molecular complexity index is 108. The third-order valence-corrected chi connectivity index (χ3v) is 2.03. The van der Waals surface area contributed by atoms with Crippen LogP contribution in [0.2, 0.25) is 0 Å². The average molecular weight is 126 g/mol. The predicted molar refractivity (Wildman–Crippen MR) is 39.3 cm³/mol. The largest absolute Gasteiger partial charge is 0.323 e.